The third kappa shape index (κ3) is 4.99. The van der Waals surface area contributed by atoms with Gasteiger partial charge in [-0.3, -0.25) is 4.98 Å². The molecule has 1 aliphatic heterocycles. The fraction of sp³-hybridized carbons (Fsp3) is 0.217. The Morgan fingerprint density at radius 1 is 1.11 bits per heavy atom. The lowest BCUT2D eigenvalue weighted by Gasteiger charge is -2.15. The van der Waals surface area contributed by atoms with Crippen molar-refractivity contribution in [2.75, 3.05) is 6.26 Å². The molecule has 0 aliphatic carbocycles. The first-order valence-corrected chi connectivity index (χ1v) is 14.1. The molecule has 184 valence electrons. The van der Waals surface area contributed by atoms with Crippen molar-refractivity contribution in [2.24, 2.45) is 0 Å². The Balaban J connectivity index is 1.82. The first-order chi connectivity index (χ1) is 16.2. The summed E-state index contributed by atoms with van der Waals surface area (Å²) >= 11 is 6.62. The summed E-state index contributed by atoms with van der Waals surface area (Å²) < 4.78 is 66.4. The molecule has 0 spiro atoms. The number of nitrogens with zero attached hydrogens (tertiary/aromatic N) is 3. The number of alkyl halides is 3. The monoisotopic (exact) mass is 539 g/mol. The summed E-state index contributed by atoms with van der Waals surface area (Å²) in [5.41, 5.74) is -1.76. The number of halogens is 4. The molecular weight excluding hydrogens is 519 g/mol. The van der Waals surface area contributed by atoms with Gasteiger partial charge in [0.25, 0.3) is 0 Å². The van der Waals surface area contributed by atoms with Crippen LogP contribution in [0.15, 0.2) is 59.8 Å². The highest BCUT2D eigenvalue weighted by Crippen LogP contribution is 2.40. The SMILES string of the molecule is CC(C)(O)c1nn(-c2cnccc2C(F)(F)F)c(C2=CC=C(c3cccc(S(C)(=O)=O)c3)[SiH2]2)c1Cl. The molecule has 0 radical (unpaired) electrons. The molecule has 1 aromatic carbocycles. The van der Waals surface area contributed by atoms with E-state index < -0.39 is 36.7 Å². The number of sulfone groups is 1. The van der Waals surface area contributed by atoms with Gasteiger partial charge in [-0.2, -0.15) is 18.3 Å². The molecule has 6 nitrogen and oxygen atoms in total. The fourth-order valence-corrected chi connectivity index (χ4v) is 6.90. The number of allylic oxidation sites excluding steroid dienone is 2. The van der Waals surface area contributed by atoms with Gasteiger partial charge < -0.3 is 5.11 Å². The van der Waals surface area contributed by atoms with Crippen LogP contribution in [-0.2, 0) is 21.6 Å². The first-order valence-electron chi connectivity index (χ1n) is 10.4. The standard InChI is InChI=1S/C23H21ClF3N3O3SSi/c1-22(2,31)21-19(24)20(30(29-21)16-12-28-10-9-15(16)23(25,26)27)18-8-7-17(35-18)13-5-4-6-14(11-13)34(3,32)33/h4-12,31H,35H2,1-3H3. The van der Waals surface area contributed by atoms with Gasteiger partial charge in [-0.05, 0) is 42.8 Å². The number of aliphatic hydroxyl groups is 1. The zero-order valence-corrected chi connectivity index (χ0v) is 21.9. The highest BCUT2D eigenvalue weighted by molar-refractivity contribution is 7.90. The first kappa shape index (κ1) is 25.4. The highest BCUT2D eigenvalue weighted by atomic mass is 35.5. The summed E-state index contributed by atoms with van der Waals surface area (Å²) in [4.78, 5) is 4.03. The fourth-order valence-electron chi connectivity index (χ4n) is 3.85. The topological polar surface area (TPSA) is 85.1 Å². The molecule has 2 aromatic heterocycles. The maximum atomic E-state index is 13.8. The van der Waals surface area contributed by atoms with Crippen molar-refractivity contribution in [1.29, 1.82) is 0 Å². The average molecular weight is 540 g/mol. The van der Waals surface area contributed by atoms with E-state index in [1.807, 2.05) is 6.08 Å². The molecule has 0 fully saturated rings. The van der Waals surface area contributed by atoms with Crippen molar-refractivity contribution in [2.45, 2.75) is 30.5 Å². The number of pyridine rings is 1. The van der Waals surface area contributed by atoms with Crippen LogP contribution in [0.1, 0.15) is 36.4 Å². The Morgan fingerprint density at radius 2 is 1.80 bits per heavy atom. The minimum absolute atomic E-state index is 0.0357. The van der Waals surface area contributed by atoms with E-state index in [1.54, 1.807) is 24.3 Å². The molecule has 0 unspecified atom stereocenters. The largest absolute Gasteiger partial charge is 0.418 e. The second kappa shape index (κ2) is 8.73. The van der Waals surface area contributed by atoms with Crippen LogP contribution in [0.2, 0.25) is 5.02 Å². The molecule has 1 aliphatic rings. The van der Waals surface area contributed by atoms with Gasteiger partial charge in [0.15, 0.2) is 9.84 Å². The maximum Gasteiger partial charge on any atom is 0.418 e. The van der Waals surface area contributed by atoms with Crippen LogP contribution in [0.4, 0.5) is 13.2 Å². The highest BCUT2D eigenvalue weighted by Gasteiger charge is 2.37. The Hall–Kier alpha value is -2.73. The number of rotatable bonds is 5. The van der Waals surface area contributed by atoms with Crippen molar-refractivity contribution in [3.8, 4) is 5.69 Å². The molecule has 4 rings (SSSR count). The van der Waals surface area contributed by atoms with Gasteiger partial charge in [0.1, 0.15) is 11.3 Å². The molecule has 0 atom stereocenters. The van der Waals surface area contributed by atoms with Crippen LogP contribution in [-0.4, -0.2) is 44.1 Å². The lowest BCUT2D eigenvalue weighted by Crippen LogP contribution is -2.18. The molecule has 3 aromatic rings. The van der Waals surface area contributed by atoms with Crippen LogP contribution >= 0.6 is 11.6 Å². The van der Waals surface area contributed by atoms with E-state index in [4.69, 9.17) is 11.6 Å². The van der Waals surface area contributed by atoms with Crippen LogP contribution in [0.3, 0.4) is 0 Å². The van der Waals surface area contributed by atoms with E-state index >= 15 is 0 Å². The van der Waals surface area contributed by atoms with Crippen molar-refractivity contribution in [1.82, 2.24) is 14.8 Å². The van der Waals surface area contributed by atoms with Crippen LogP contribution in [0, 0.1) is 0 Å². The van der Waals surface area contributed by atoms with Crippen LogP contribution in [0.5, 0.6) is 0 Å². The summed E-state index contributed by atoms with van der Waals surface area (Å²) in [5.74, 6) is 0. The zero-order valence-electron chi connectivity index (χ0n) is 18.9. The van der Waals surface area contributed by atoms with E-state index in [1.165, 1.54) is 19.9 Å². The Morgan fingerprint density at radius 3 is 2.43 bits per heavy atom. The quantitative estimate of drug-likeness (QED) is 0.493. The van der Waals surface area contributed by atoms with Gasteiger partial charge >= 0.3 is 6.18 Å². The molecule has 12 heteroatoms. The Labute approximate surface area is 207 Å². The lowest BCUT2D eigenvalue weighted by atomic mass is 10.1. The predicted octanol–water partition coefficient (Wildman–Crippen LogP) is 4.13. The van der Waals surface area contributed by atoms with E-state index in [0.717, 1.165) is 34.6 Å². The minimum atomic E-state index is -4.67. The molecule has 3 heterocycles. The second-order valence-corrected chi connectivity index (χ2v) is 13.0. The van der Waals surface area contributed by atoms with Gasteiger partial charge in [-0.25, -0.2) is 13.1 Å². The van der Waals surface area contributed by atoms with E-state index in [2.05, 4.69) is 10.1 Å². The third-order valence-corrected chi connectivity index (χ3v) is 8.99. The van der Waals surface area contributed by atoms with E-state index in [9.17, 15) is 26.7 Å². The van der Waals surface area contributed by atoms with Gasteiger partial charge in [0.2, 0.25) is 0 Å². The number of hydrogen-bond donors (Lipinski definition) is 1. The van der Waals surface area contributed by atoms with Gasteiger partial charge in [-0.15, -0.1) is 0 Å². The van der Waals surface area contributed by atoms with Crippen molar-refractivity contribution in [3.05, 3.63) is 82.4 Å². The minimum Gasteiger partial charge on any atom is -0.384 e. The Bertz CT molecular complexity index is 1490. The normalized spacial score (nSPS) is 15.4. The Kier molecular flexibility index (Phi) is 6.33. The molecule has 0 saturated carbocycles. The predicted molar refractivity (Wildman–Crippen MR) is 131 cm³/mol. The number of benzene rings is 1. The lowest BCUT2D eigenvalue weighted by molar-refractivity contribution is -0.137. The number of aromatic nitrogens is 3. The molecular formula is C23H21ClF3N3O3SSi. The van der Waals surface area contributed by atoms with E-state index in [-0.39, 0.29) is 27.0 Å². The summed E-state index contributed by atoms with van der Waals surface area (Å²) in [6.45, 7) is 2.90. The molecule has 0 bridgehead atoms. The van der Waals surface area contributed by atoms with Gasteiger partial charge in [0, 0.05) is 12.5 Å². The summed E-state index contributed by atoms with van der Waals surface area (Å²) in [5, 5.41) is 16.5. The van der Waals surface area contributed by atoms with Crippen LogP contribution in [0.25, 0.3) is 16.1 Å². The summed E-state index contributed by atoms with van der Waals surface area (Å²) in [6.07, 6.45) is 2.13. The molecule has 35 heavy (non-hydrogen) atoms. The smallest absolute Gasteiger partial charge is 0.384 e. The summed E-state index contributed by atoms with van der Waals surface area (Å²) in [7, 11) is -4.72. The zero-order chi connectivity index (χ0) is 25.8. The second-order valence-electron chi connectivity index (χ2n) is 8.73. The maximum absolute atomic E-state index is 13.8. The average Bonchev–Trinajstić information content (AvgIpc) is 3.37. The van der Waals surface area contributed by atoms with Crippen molar-refractivity contribution < 1.29 is 26.7 Å². The van der Waals surface area contributed by atoms with E-state index in [0.29, 0.717) is 10.8 Å². The van der Waals surface area contributed by atoms with Crippen molar-refractivity contribution in [3.63, 3.8) is 0 Å². The number of hydrogen-bond acceptors (Lipinski definition) is 5. The molecule has 0 amide bonds. The molecule has 0 saturated heterocycles. The van der Waals surface area contributed by atoms with Gasteiger partial charge in [-0.1, -0.05) is 41.1 Å². The van der Waals surface area contributed by atoms with Crippen molar-refractivity contribution >= 4 is 41.4 Å². The summed E-state index contributed by atoms with van der Waals surface area (Å²) in [6, 6.07) is 7.38. The third-order valence-electron chi connectivity index (χ3n) is 5.54. The molecule has 1 N–H and O–H groups in total. The van der Waals surface area contributed by atoms with Crippen LogP contribution < -0.4 is 0 Å². The van der Waals surface area contributed by atoms with Gasteiger partial charge in [0.05, 0.1) is 42.6 Å².